The summed E-state index contributed by atoms with van der Waals surface area (Å²) >= 11 is 5.77. The number of carboxylic acid groups (broad SMARTS) is 1. The van der Waals surface area contributed by atoms with E-state index >= 15 is 0 Å². The van der Waals surface area contributed by atoms with Gasteiger partial charge in [0.05, 0.1) is 0 Å². The lowest BCUT2D eigenvalue weighted by Gasteiger charge is -2.16. The van der Waals surface area contributed by atoms with Crippen molar-refractivity contribution in [1.82, 2.24) is 4.90 Å². The van der Waals surface area contributed by atoms with Crippen LogP contribution in [0.25, 0.3) is 0 Å². The molecule has 0 aliphatic heterocycles. The third-order valence-corrected chi connectivity index (χ3v) is 2.74. The van der Waals surface area contributed by atoms with E-state index in [0.717, 1.165) is 18.8 Å². The molecule has 0 saturated carbocycles. The van der Waals surface area contributed by atoms with Crippen LogP contribution in [0.4, 0.5) is 0 Å². The molecule has 1 aromatic carbocycles. The fourth-order valence-electron chi connectivity index (χ4n) is 1.46. The average molecular weight is 272 g/mol. The van der Waals surface area contributed by atoms with E-state index in [1.807, 2.05) is 19.2 Å². The zero-order chi connectivity index (χ0) is 13.4. The van der Waals surface area contributed by atoms with Crippen molar-refractivity contribution in [3.05, 3.63) is 29.3 Å². The summed E-state index contributed by atoms with van der Waals surface area (Å²) in [5, 5.41) is 9.21. The number of nitrogens with zero attached hydrogens (tertiary/aromatic N) is 1. The van der Waals surface area contributed by atoms with E-state index in [9.17, 15) is 4.79 Å². The molecule has 18 heavy (non-hydrogen) atoms. The monoisotopic (exact) mass is 271 g/mol. The van der Waals surface area contributed by atoms with Gasteiger partial charge in [-0.05, 0) is 44.3 Å². The molecule has 0 heterocycles. The molecule has 0 amide bonds. The molecule has 0 aromatic heterocycles. The second-order valence-corrected chi connectivity index (χ2v) is 4.54. The third-order valence-electron chi connectivity index (χ3n) is 2.49. The van der Waals surface area contributed by atoms with Crippen LogP contribution in [0.1, 0.15) is 12.8 Å². The van der Waals surface area contributed by atoms with Crippen LogP contribution in [0.2, 0.25) is 5.02 Å². The minimum atomic E-state index is -0.749. The van der Waals surface area contributed by atoms with Gasteiger partial charge in [-0.2, -0.15) is 0 Å². The first-order chi connectivity index (χ1) is 8.58. The van der Waals surface area contributed by atoms with Gasteiger partial charge in [-0.1, -0.05) is 11.6 Å². The van der Waals surface area contributed by atoms with Crippen LogP contribution >= 0.6 is 11.6 Å². The maximum absolute atomic E-state index is 10.4. The van der Waals surface area contributed by atoms with Crippen molar-refractivity contribution in [3.8, 4) is 5.75 Å². The molecule has 1 rings (SSSR count). The normalized spacial score (nSPS) is 10.6. The van der Waals surface area contributed by atoms with Crippen molar-refractivity contribution in [2.45, 2.75) is 12.8 Å². The number of hydrogen-bond donors (Lipinski definition) is 1. The Hall–Kier alpha value is -1.26. The van der Waals surface area contributed by atoms with Crippen molar-refractivity contribution in [2.75, 3.05) is 26.7 Å². The van der Waals surface area contributed by atoms with Crippen molar-refractivity contribution < 1.29 is 14.6 Å². The molecule has 0 saturated heterocycles. The van der Waals surface area contributed by atoms with E-state index < -0.39 is 5.97 Å². The maximum atomic E-state index is 10.4. The van der Waals surface area contributed by atoms with E-state index in [1.165, 1.54) is 0 Å². The molecule has 0 radical (unpaired) electrons. The van der Waals surface area contributed by atoms with Gasteiger partial charge in [-0.3, -0.25) is 4.79 Å². The smallest absolute Gasteiger partial charge is 0.303 e. The second-order valence-electron chi connectivity index (χ2n) is 4.10. The number of halogens is 1. The van der Waals surface area contributed by atoms with Gasteiger partial charge >= 0.3 is 5.97 Å². The molecule has 5 heteroatoms. The van der Waals surface area contributed by atoms with E-state index in [2.05, 4.69) is 4.90 Å². The summed E-state index contributed by atoms with van der Waals surface area (Å²) in [6.07, 6.45) is 0.870. The number of carboxylic acids is 1. The lowest BCUT2D eigenvalue weighted by molar-refractivity contribution is -0.137. The highest BCUT2D eigenvalue weighted by Crippen LogP contribution is 2.15. The molecule has 0 unspecified atom stereocenters. The standard InChI is InChI=1S/C13H18ClNO3/c1-15(8-2-3-13(16)17)9-10-18-12-6-4-11(14)5-7-12/h4-7H,2-3,8-10H2,1H3,(H,16,17). The molecule has 0 fully saturated rings. The highest BCUT2D eigenvalue weighted by Gasteiger charge is 2.01. The average Bonchev–Trinajstić information content (AvgIpc) is 2.31. The lowest BCUT2D eigenvalue weighted by atomic mass is 10.3. The summed E-state index contributed by atoms with van der Waals surface area (Å²) in [7, 11) is 1.95. The van der Waals surface area contributed by atoms with Crippen LogP contribution in [0.5, 0.6) is 5.75 Å². The van der Waals surface area contributed by atoms with Gasteiger partial charge < -0.3 is 14.7 Å². The van der Waals surface area contributed by atoms with Crippen molar-refractivity contribution in [3.63, 3.8) is 0 Å². The summed E-state index contributed by atoms with van der Waals surface area (Å²) in [6.45, 7) is 2.10. The Morgan fingerprint density at radius 2 is 2.00 bits per heavy atom. The predicted octanol–water partition coefficient (Wildman–Crippen LogP) is 2.52. The van der Waals surface area contributed by atoms with Gasteiger partial charge in [0.15, 0.2) is 0 Å². The van der Waals surface area contributed by atoms with Crippen molar-refractivity contribution in [1.29, 1.82) is 0 Å². The quantitative estimate of drug-likeness (QED) is 0.789. The zero-order valence-corrected chi connectivity index (χ0v) is 11.2. The van der Waals surface area contributed by atoms with Crippen LogP contribution in [0, 0.1) is 0 Å². The Labute approximate surface area is 112 Å². The van der Waals surface area contributed by atoms with Crippen molar-refractivity contribution in [2.24, 2.45) is 0 Å². The largest absolute Gasteiger partial charge is 0.492 e. The van der Waals surface area contributed by atoms with Crippen LogP contribution in [0.15, 0.2) is 24.3 Å². The highest BCUT2D eigenvalue weighted by molar-refractivity contribution is 6.30. The lowest BCUT2D eigenvalue weighted by Crippen LogP contribution is -2.25. The third kappa shape index (κ3) is 6.47. The van der Waals surface area contributed by atoms with Crippen LogP contribution in [-0.2, 0) is 4.79 Å². The topological polar surface area (TPSA) is 49.8 Å². The fraction of sp³-hybridized carbons (Fsp3) is 0.462. The fourth-order valence-corrected chi connectivity index (χ4v) is 1.59. The number of benzene rings is 1. The molecule has 4 nitrogen and oxygen atoms in total. The van der Waals surface area contributed by atoms with Gasteiger partial charge in [-0.15, -0.1) is 0 Å². The molecule has 0 atom stereocenters. The molecule has 0 aliphatic rings. The van der Waals surface area contributed by atoms with Crippen LogP contribution in [-0.4, -0.2) is 42.7 Å². The van der Waals surface area contributed by atoms with E-state index in [4.69, 9.17) is 21.4 Å². The first-order valence-corrected chi connectivity index (χ1v) is 6.24. The first-order valence-electron chi connectivity index (χ1n) is 5.86. The van der Waals surface area contributed by atoms with E-state index in [0.29, 0.717) is 18.1 Å². The summed E-state index contributed by atoms with van der Waals surface area (Å²) in [6, 6.07) is 7.22. The Morgan fingerprint density at radius 3 is 2.61 bits per heavy atom. The predicted molar refractivity (Wildman–Crippen MR) is 71.3 cm³/mol. The summed E-state index contributed by atoms with van der Waals surface area (Å²) < 4.78 is 5.54. The first kappa shape index (κ1) is 14.8. The molecule has 1 N–H and O–H groups in total. The number of likely N-dealkylation sites (N-methyl/N-ethyl adjacent to an activating group) is 1. The Bertz CT molecular complexity index is 367. The molecule has 0 aliphatic carbocycles. The Kier molecular flexibility index (Phi) is 6.54. The summed E-state index contributed by atoms with van der Waals surface area (Å²) in [5.74, 6) is 0.0409. The van der Waals surface area contributed by atoms with Gasteiger partial charge in [0, 0.05) is 18.0 Å². The molecule has 1 aromatic rings. The maximum Gasteiger partial charge on any atom is 0.303 e. The Morgan fingerprint density at radius 1 is 1.33 bits per heavy atom. The SMILES string of the molecule is CN(CCCC(=O)O)CCOc1ccc(Cl)cc1. The molecule has 0 spiro atoms. The van der Waals surface area contributed by atoms with Crippen LogP contribution in [0.3, 0.4) is 0 Å². The molecular weight excluding hydrogens is 254 g/mol. The number of aliphatic carboxylic acids is 1. The minimum Gasteiger partial charge on any atom is -0.492 e. The molecule has 100 valence electrons. The number of hydrogen-bond acceptors (Lipinski definition) is 3. The second kappa shape index (κ2) is 7.95. The van der Waals surface area contributed by atoms with E-state index in [-0.39, 0.29) is 6.42 Å². The van der Waals surface area contributed by atoms with E-state index in [1.54, 1.807) is 12.1 Å². The minimum absolute atomic E-state index is 0.211. The number of rotatable bonds is 8. The highest BCUT2D eigenvalue weighted by atomic mass is 35.5. The van der Waals surface area contributed by atoms with Gasteiger partial charge in [-0.25, -0.2) is 0 Å². The Balaban J connectivity index is 2.13. The molecular formula is C13H18ClNO3. The summed E-state index contributed by atoms with van der Waals surface area (Å²) in [4.78, 5) is 12.4. The van der Waals surface area contributed by atoms with Gasteiger partial charge in [0.25, 0.3) is 0 Å². The zero-order valence-electron chi connectivity index (χ0n) is 10.4. The number of carbonyl (C=O) groups is 1. The van der Waals surface area contributed by atoms with Crippen LogP contribution < -0.4 is 4.74 Å². The summed E-state index contributed by atoms with van der Waals surface area (Å²) in [5.41, 5.74) is 0. The van der Waals surface area contributed by atoms with Gasteiger partial charge in [0.1, 0.15) is 12.4 Å². The van der Waals surface area contributed by atoms with Crippen molar-refractivity contribution >= 4 is 17.6 Å². The van der Waals surface area contributed by atoms with Gasteiger partial charge in [0.2, 0.25) is 0 Å². The number of ether oxygens (including phenoxy) is 1. The molecule has 0 bridgehead atoms.